The number of hydrogen-bond acceptors (Lipinski definition) is 6. The number of fused-ring (bicyclic) bond motifs is 2. The van der Waals surface area contributed by atoms with Crippen molar-refractivity contribution in [3.63, 3.8) is 0 Å². The van der Waals surface area contributed by atoms with Crippen molar-refractivity contribution < 1.29 is 14.3 Å². The molecule has 0 aliphatic carbocycles. The molecule has 0 saturated carbocycles. The second-order valence-corrected chi connectivity index (χ2v) is 7.54. The summed E-state index contributed by atoms with van der Waals surface area (Å²) in [6, 6.07) is 12.9. The molecule has 31 heavy (non-hydrogen) atoms. The lowest BCUT2D eigenvalue weighted by Gasteiger charge is -2.09. The first kappa shape index (κ1) is 18.9. The van der Waals surface area contributed by atoms with E-state index in [-0.39, 0.29) is 23.7 Å². The predicted octanol–water partition coefficient (Wildman–Crippen LogP) is 2.73. The van der Waals surface area contributed by atoms with Gasteiger partial charge in [0.15, 0.2) is 28.7 Å². The highest BCUT2D eigenvalue weighted by Crippen LogP contribution is 2.34. The number of amides is 1. The summed E-state index contributed by atoms with van der Waals surface area (Å²) in [5.74, 6) is 1.03. The van der Waals surface area contributed by atoms with Gasteiger partial charge < -0.3 is 20.2 Å². The maximum atomic E-state index is 12.8. The Balaban J connectivity index is 1.73. The fourth-order valence-electron chi connectivity index (χ4n) is 3.57. The van der Waals surface area contributed by atoms with Crippen molar-refractivity contribution in [2.24, 2.45) is 5.73 Å². The van der Waals surface area contributed by atoms with Crippen LogP contribution in [0.15, 0.2) is 47.3 Å². The highest BCUT2D eigenvalue weighted by molar-refractivity contribution is 6.02. The van der Waals surface area contributed by atoms with Gasteiger partial charge in [-0.25, -0.2) is 19.3 Å². The molecule has 2 aromatic heterocycles. The summed E-state index contributed by atoms with van der Waals surface area (Å²) in [4.78, 5) is 36.5. The summed E-state index contributed by atoms with van der Waals surface area (Å²) in [6.07, 6.45) is 0. The third kappa shape index (κ3) is 3.10. The second-order valence-electron chi connectivity index (χ2n) is 7.54. The molecule has 1 aliphatic heterocycles. The van der Waals surface area contributed by atoms with E-state index < -0.39 is 11.6 Å². The fraction of sp³-hybridized carbons (Fsp3) is 0.182. The molecule has 0 unspecified atom stereocenters. The zero-order valence-electron chi connectivity index (χ0n) is 16.9. The molecule has 0 saturated heterocycles. The lowest BCUT2D eigenvalue weighted by Crippen LogP contribution is -2.15. The number of nitrogens with two attached hydrogens (primary N) is 1. The van der Waals surface area contributed by atoms with E-state index in [0.29, 0.717) is 34.5 Å². The number of carbonyl (C=O) groups is 1. The Labute approximate surface area is 176 Å². The van der Waals surface area contributed by atoms with Crippen molar-refractivity contribution in [2.75, 3.05) is 6.79 Å². The number of rotatable bonds is 4. The van der Waals surface area contributed by atoms with Crippen molar-refractivity contribution >= 4 is 17.1 Å². The lowest BCUT2D eigenvalue weighted by atomic mass is 10.0. The van der Waals surface area contributed by atoms with Crippen LogP contribution in [0.4, 0.5) is 0 Å². The zero-order valence-corrected chi connectivity index (χ0v) is 16.9. The molecule has 0 atom stereocenters. The Kier molecular flexibility index (Phi) is 4.25. The molecule has 5 rings (SSSR count). The first-order chi connectivity index (χ1) is 14.9. The van der Waals surface area contributed by atoms with Gasteiger partial charge in [0.1, 0.15) is 5.52 Å². The van der Waals surface area contributed by atoms with Crippen LogP contribution in [-0.2, 0) is 0 Å². The lowest BCUT2D eigenvalue weighted by molar-refractivity contribution is 0.0997. The van der Waals surface area contributed by atoms with E-state index >= 15 is 0 Å². The van der Waals surface area contributed by atoms with Gasteiger partial charge in [0.2, 0.25) is 6.79 Å². The third-order valence-corrected chi connectivity index (χ3v) is 5.22. The SMILES string of the molecule is CC(C)c1ccc(-c2nc(C(N)=O)c3[nH]c(=O)n(-c4ccc5c(c4)OCO5)c3n2)cc1. The molecule has 0 bridgehead atoms. The summed E-state index contributed by atoms with van der Waals surface area (Å²) in [5.41, 5.74) is 7.85. The van der Waals surface area contributed by atoms with Crippen molar-refractivity contribution in [1.82, 2.24) is 19.5 Å². The van der Waals surface area contributed by atoms with Crippen LogP contribution in [0.25, 0.3) is 28.2 Å². The molecule has 3 heterocycles. The van der Waals surface area contributed by atoms with E-state index in [0.717, 1.165) is 0 Å². The van der Waals surface area contributed by atoms with Gasteiger partial charge in [-0.15, -0.1) is 0 Å². The largest absolute Gasteiger partial charge is 0.454 e. The number of primary amides is 1. The molecule has 3 N–H and O–H groups in total. The molecule has 1 aliphatic rings. The Morgan fingerprint density at radius 3 is 2.55 bits per heavy atom. The molecule has 0 fully saturated rings. The molecule has 4 aromatic rings. The van der Waals surface area contributed by atoms with Crippen LogP contribution in [0.3, 0.4) is 0 Å². The maximum Gasteiger partial charge on any atom is 0.332 e. The minimum absolute atomic E-state index is 0.0514. The molecule has 1 amide bonds. The first-order valence-corrected chi connectivity index (χ1v) is 9.75. The van der Waals surface area contributed by atoms with Crippen LogP contribution in [-0.4, -0.2) is 32.2 Å². The van der Waals surface area contributed by atoms with Crippen LogP contribution in [0.2, 0.25) is 0 Å². The van der Waals surface area contributed by atoms with Gasteiger partial charge in [0, 0.05) is 11.6 Å². The van der Waals surface area contributed by atoms with Gasteiger partial charge in [0.25, 0.3) is 5.91 Å². The van der Waals surface area contributed by atoms with Crippen molar-refractivity contribution in [2.45, 2.75) is 19.8 Å². The Morgan fingerprint density at radius 2 is 1.84 bits per heavy atom. The zero-order chi connectivity index (χ0) is 21.7. The van der Waals surface area contributed by atoms with Crippen LogP contribution < -0.4 is 20.9 Å². The average molecular weight is 417 g/mol. The standard InChI is InChI=1S/C22H19N5O4/c1-11(2)12-3-5-13(6-4-12)20-24-17(19(23)28)18-21(26-20)27(22(29)25-18)14-7-8-15-16(9-14)31-10-30-15/h3-9,11H,10H2,1-2H3,(H2,23,28)(H,25,29). The minimum Gasteiger partial charge on any atom is -0.454 e. The molecule has 0 radical (unpaired) electrons. The molecule has 9 heteroatoms. The first-order valence-electron chi connectivity index (χ1n) is 9.75. The number of ether oxygens (including phenoxy) is 2. The van der Waals surface area contributed by atoms with Gasteiger partial charge in [-0.1, -0.05) is 38.1 Å². The van der Waals surface area contributed by atoms with Gasteiger partial charge in [0.05, 0.1) is 5.69 Å². The van der Waals surface area contributed by atoms with E-state index in [4.69, 9.17) is 15.2 Å². The highest BCUT2D eigenvalue weighted by Gasteiger charge is 2.22. The molecular weight excluding hydrogens is 398 g/mol. The predicted molar refractivity (Wildman–Crippen MR) is 114 cm³/mol. The van der Waals surface area contributed by atoms with Crippen LogP contribution >= 0.6 is 0 Å². The number of H-pyrrole nitrogens is 1. The van der Waals surface area contributed by atoms with Crippen molar-refractivity contribution in [1.29, 1.82) is 0 Å². The number of imidazole rings is 1. The van der Waals surface area contributed by atoms with Gasteiger partial charge in [-0.3, -0.25) is 4.79 Å². The Hall–Kier alpha value is -4.14. The molecule has 156 valence electrons. The van der Waals surface area contributed by atoms with E-state index in [1.165, 1.54) is 10.1 Å². The summed E-state index contributed by atoms with van der Waals surface area (Å²) in [5, 5.41) is 0. The number of hydrogen-bond donors (Lipinski definition) is 2. The number of aromatic amines is 1. The van der Waals surface area contributed by atoms with Crippen LogP contribution in [0.5, 0.6) is 11.5 Å². The summed E-state index contributed by atoms with van der Waals surface area (Å²) < 4.78 is 12.1. The number of aromatic nitrogens is 4. The van der Waals surface area contributed by atoms with Gasteiger partial charge in [-0.05, 0) is 23.6 Å². The number of benzene rings is 2. The minimum atomic E-state index is -0.758. The van der Waals surface area contributed by atoms with Crippen molar-refractivity contribution in [3.8, 4) is 28.6 Å². The second kappa shape index (κ2) is 6.98. The fourth-order valence-corrected chi connectivity index (χ4v) is 3.57. The molecular formula is C22H19N5O4. The molecule has 9 nitrogen and oxygen atoms in total. The summed E-state index contributed by atoms with van der Waals surface area (Å²) >= 11 is 0. The average Bonchev–Trinajstić information content (AvgIpc) is 3.35. The summed E-state index contributed by atoms with van der Waals surface area (Å²) in [6.45, 7) is 4.32. The monoisotopic (exact) mass is 417 g/mol. The number of nitrogens with zero attached hydrogens (tertiary/aromatic N) is 3. The van der Waals surface area contributed by atoms with Crippen molar-refractivity contribution in [3.05, 3.63) is 64.2 Å². The summed E-state index contributed by atoms with van der Waals surface area (Å²) in [7, 11) is 0. The quantitative estimate of drug-likeness (QED) is 0.526. The smallest absolute Gasteiger partial charge is 0.332 e. The van der Waals surface area contributed by atoms with E-state index in [2.05, 4.69) is 28.8 Å². The maximum absolute atomic E-state index is 12.8. The van der Waals surface area contributed by atoms with E-state index in [9.17, 15) is 9.59 Å². The van der Waals surface area contributed by atoms with Gasteiger partial charge in [-0.2, -0.15) is 0 Å². The van der Waals surface area contributed by atoms with Crippen LogP contribution in [0, 0.1) is 0 Å². The molecule has 2 aromatic carbocycles. The normalized spacial score (nSPS) is 12.6. The number of carbonyl (C=O) groups excluding carboxylic acids is 1. The topological polar surface area (TPSA) is 125 Å². The Morgan fingerprint density at radius 1 is 1.10 bits per heavy atom. The van der Waals surface area contributed by atoms with E-state index in [1.54, 1.807) is 18.2 Å². The highest BCUT2D eigenvalue weighted by atomic mass is 16.7. The molecule has 0 spiro atoms. The van der Waals surface area contributed by atoms with Gasteiger partial charge >= 0.3 is 5.69 Å². The Bertz CT molecular complexity index is 1390. The van der Waals surface area contributed by atoms with E-state index in [1.807, 2.05) is 24.3 Å². The van der Waals surface area contributed by atoms with Crippen LogP contribution in [0.1, 0.15) is 35.8 Å². The third-order valence-electron chi connectivity index (χ3n) is 5.22. The number of nitrogens with one attached hydrogen (secondary N) is 1.